The van der Waals surface area contributed by atoms with Crippen LogP contribution in [0.5, 0.6) is 0 Å². The highest BCUT2D eigenvalue weighted by molar-refractivity contribution is 5.76. The third-order valence-corrected chi connectivity index (χ3v) is 5.14. The van der Waals surface area contributed by atoms with E-state index in [1.54, 1.807) is 0 Å². The molecule has 0 bridgehead atoms. The van der Waals surface area contributed by atoms with Crippen molar-refractivity contribution in [2.45, 2.75) is 18.9 Å². The molecule has 25 heavy (non-hydrogen) atoms. The molecule has 2 aromatic carbocycles. The van der Waals surface area contributed by atoms with Crippen LogP contribution in [-0.2, 0) is 11.8 Å². The lowest BCUT2D eigenvalue weighted by Crippen LogP contribution is -2.27. The minimum absolute atomic E-state index is 0.0981. The lowest BCUT2D eigenvalue weighted by Gasteiger charge is -2.20. The molecule has 1 fully saturated rings. The Kier molecular flexibility index (Phi) is 4.81. The molecule has 0 saturated carbocycles. The molecule has 0 amide bonds. The fourth-order valence-electron chi connectivity index (χ4n) is 3.67. The van der Waals surface area contributed by atoms with E-state index in [1.165, 1.54) is 17.5 Å². The third-order valence-electron chi connectivity index (χ3n) is 5.14. The van der Waals surface area contributed by atoms with Crippen molar-refractivity contribution in [1.29, 1.82) is 0 Å². The van der Waals surface area contributed by atoms with Crippen LogP contribution >= 0.6 is 0 Å². The molecule has 2 heterocycles. The van der Waals surface area contributed by atoms with Crippen molar-refractivity contribution in [3.63, 3.8) is 0 Å². The van der Waals surface area contributed by atoms with Crippen LogP contribution in [0.2, 0.25) is 0 Å². The topological polar surface area (TPSA) is 39.1 Å². The molecule has 0 unspecified atom stereocenters. The molecule has 4 rings (SSSR count). The van der Waals surface area contributed by atoms with Crippen molar-refractivity contribution >= 4 is 11.0 Å². The van der Waals surface area contributed by atoms with E-state index < -0.39 is 0 Å². The van der Waals surface area contributed by atoms with E-state index in [1.807, 2.05) is 6.07 Å². The first-order chi connectivity index (χ1) is 12.3. The predicted octanol–water partition coefficient (Wildman–Crippen LogP) is 3.68. The number of fused-ring (bicyclic) bond motifs is 1. The number of imidazole rings is 1. The van der Waals surface area contributed by atoms with E-state index in [4.69, 9.17) is 9.72 Å². The Morgan fingerprint density at radius 1 is 1.16 bits per heavy atom. The number of aryl methyl sites for hydroxylation is 1. The molecule has 1 aliphatic heterocycles. The first-order valence-electron chi connectivity index (χ1n) is 9.10. The molecule has 130 valence electrons. The van der Waals surface area contributed by atoms with Crippen LogP contribution in [-0.4, -0.2) is 29.3 Å². The monoisotopic (exact) mass is 335 g/mol. The summed E-state index contributed by atoms with van der Waals surface area (Å²) in [5, 5.41) is 3.74. The van der Waals surface area contributed by atoms with Gasteiger partial charge in [-0.25, -0.2) is 4.98 Å². The van der Waals surface area contributed by atoms with E-state index in [9.17, 15) is 0 Å². The van der Waals surface area contributed by atoms with Gasteiger partial charge in [-0.3, -0.25) is 0 Å². The van der Waals surface area contributed by atoms with Crippen molar-refractivity contribution in [2.24, 2.45) is 13.0 Å². The molecule has 0 spiro atoms. The first-order valence-corrected chi connectivity index (χ1v) is 9.10. The quantitative estimate of drug-likeness (QED) is 0.747. The predicted molar refractivity (Wildman–Crippen MR) is 101 cm³/mol. The molecule has 3 aromatic rings. The van der Waals surface area contributed by atoms with Gasteiger partial charge in [0.25, 0.3) is 0 Å². The zero-order valence-corrected chi connectivity index (χ0v) is 14.7. The van der Waals surface area contributed by atoms with Crippen LogP contribution in [0.4, 0.5) is 0 Å². The summed E-state index contributed by atoms with van der Waals surface area (Å²) in [5.74, 6) is 1.75. The summed E-state index contributed by atoms with van der Waals surface area (Å²) >= 11 is 0. The Hall–Kier alpha value is -2.17. The lowest BCUT2D eigenvalue weighted by atomic mass is 10.0. The second-order valence-electron chi connectivity index (χ2n) is 6.83. The van der Waals surface area contributed by atoms with Gasteiger partial charge in [-0.05, 0) is 43.0 Å². The van der Waals surface area contributed by atoms with Crippen LogP contribution in [0, 0.1) is 5.92 Å². The van der Waals surface area contributed by atoms with Gasteiger partial charge in [0.2, 0.25) is 0 Å². The van der Waals surface area contributed by atoms with Gasteiger partial charge in [0.15, 0.2) is 0 Å². The van der Waals surface area contributed by atoms with E-state index in [-0.39, 0.29) is 6.04 Å². The van der Waals surface area contributed by atoms with Gasteiger partial charge in [-0.2, -0.15) is 0 Å². The zero-order valence-electron chi connectivity index (χ0n) is 14.7. The second kappa shape index (κ2) is 7.38. The smallest absolute Gasteiger partial charge is 0.131 e. The molecular formula is C21H25N3O. The Bertz CT molecular complexity index is 822. The van der Waals surface area contributed by atoms with Crippen molar-refractivity contribution in [3.05, 3.63) is 66.0 Å². The summed E-state index contributed by atoms with van der Waals surface area (Å²) in [5.41, 5.74) is 3.47. The van der Waals surface area contributed by atoms with E-state index in [0.29, 0.717) is 5.92 Å². The molecule has 0 aliphatic carbocycles. The Labute approximate surface area is 148 Å². The minimum atomic E-state index is 0.0981. The van der Waals surface area contributed by atoms with Crippen LogP contribution in [0.3, 0.4) is 0 Å². The van der Waals surface area contributed by atoms with Gasteiger partial charge in [0.05, 0.1) is 17.1 Å². The number of benzene rings is 2. The molecule has 1 aliphatic rings. The summed E-state index contributed by atoms with van der Waals surface area (Å²) in [6, 6.07) is 19.0. The fourth-order valence-corrected chi connectivity index (χ4v) is 3.67. The molecule has 1 N–H and O–H groups in total. The molecular weight excluding hydrogens is 310 g/mol. The number of nitrogens with zero attached hydrogens (tertiary/aromatic N) is 2. The third kappa shape index (κ3) is 3.46. The number of hydrogen-bond donors (Lipinski definition) is 1. The number of rotatable bonds is 6. The average molecular weight is 335 g/mol. The highest BCUT2D eigenvalue weighted by Crippen LogP contribution is 2.25. The normalized spacial score (nSPS) is 18.7. The summed E-state index contributed by atoms with van der Waals surface area (Å²) in [6.07, 6.45) is 2.33. The molecule has 1 aromatic heterocycles. The summed E-state index contributed by atoms with van der Waals surface area (Å²) < 4.78 is 7.71. The van der Waals surface area contributed by atoms with Gasteiger partial charge in [0.1, 0.15) is 5.82 Å². The van der Waals surface area contributed by atoms with Crippen molar-refractivity contribution in [1.82, 2.24) is 14.9 Å². The van der Waals surface area contributed by atoms with Crippen LogP contribution in [0.25, 0.3) is 11.0 Å². The molecule has 0 radical (unpaired) electrons. The van der Waals surface area contributed by atoms with Gasteiger partial charge < -0.3 is 14.6 Å². The zero-order chi connectivity index (χ0) is 17.1. The Balaban J connectivity index is 1.61. The van der Waals surface area contributed by atoms with Crippen molar-refractivity contribution in [2.75, 3.05) is 19.8 Å². The number of nitrogens with one attached hydrogen (secondary N) is 1. The van der Waals surface area contributed by atoms with E-state index in [2.05, 4.69) is 65.5 Å². The highest BCUT2D eigenvalue weighted by Gasteiger charge is 2.21. The van der Waals surface area contributed by atoms with E-state index in [0.717, 1.165) is 37.5 Å². The lowest BCUT2D eigenvalue weighted by molar-refractivity contribution is 0.184. The number of hydrogen-bond acceptors (Lipinski definition) is 3. The fraction of sp³-hybridized carbons (Fsp3) is 0.381. The van der Waals surface area contributed by atoms with Crippen LogP contribution < -0.4 is 5.32 Å². The molecule has 4 heteroatoms. The summed E-state index contributed by atoms with van der Waals surface area (Å²) in [4.78, 5) is 4.92. The summed E-state index contributed by atoms with van der Waals surface area (Å²) in [7, 11) is 2.10. The van der Waals surface area contributed by atoms with Gasteiger partial charge in [-0.1, -0.05) is 42.5 Å². The number of para-hydroxylation sites is 2. The Morgan fingerprint density at radius 2 is 1.96 bits per heavy atom. The largest absolute Gasteiger partial charge is 0.381 e. The molecule has 4 nitrogen and oxygen atoms in total. The van der Waals surface area contributed by atoms with Crippen LogP contribution in [0.15, 0.2) is 54.6 Å². The number of ether oxygens (including phenoxy) is 1. The maximum atomic E-state index is 5.50. The van der Waals surface area contributed by atoms with Gasteiger partial charge >= 0.3 is 0 Å². The van der Waals surface area contributed by atoms with Gasteiger partial charge in [-0.15, -0.1) is 0 Å². The minimum Gasteiger partial charge on any atom is -0.381 e. The maximum Gasteiger partial charge on any atom is 0.131 e. The molecule has 1 saturated heterocycles. The maximum absolute atomic E-state index is 5.50. The second-order valence-corrected chi connectivity index (χ2v) is 6.83. The SMILES string of the molecule is Cn1c([C@H](NCC[C@H]2CCOC2)c2ccccc2)nc2ccccc21. The summed E-state index contributed by atoms with van der Waals surface area (Å²) in [6.45, 7) is 2.79. The molecule has 2 atom stereocenters. The van der Waals surface area contributed by atoms with Crippen molar-refractivity contribution < 1.29 is 4.74 Å². The highest BCUT2D eigenvalue weighted by atomic mass is 16.5. The van der Waals surface area contributed by atoms with Crippen molar-refractivity contribution in [3.8, 4) is 0 Å². The van der Waals surface area contributed by atoms with Gasteiger partial charge in [0, 0.05) is 20.3 Å². The van der Waals surface area contributed by atoms with Crippen LogP contribution in [0.1, 0.15) is 30.3 Å². The first kappa shape index (κ1) is 16.3. The average Bonchev–Trinajstić information content (AvgIpc) is 3.28. The number of aromatic nitrogens is 2. The van der Waals surface area contributed by atoms with E-state index >= 15 is 0 Å². The Morgan fingerprint density at radius 3 is 2.72 bits per heavy atom. The standard InChI is InChI=1S/C21H25N3O/c1-24-19-10-6-5-9-18(19)23-21(24)20(17-7-3-2-4-8-17)22-13-11-16-12-14-25-15-16/h2-10,16,20,22H,11-15H2,1H3/t16-,20+/m0/s1.